The third-order valence-electron chi connectivity index (χ3n) is 4.31. The van der Waals surface area contributed by atoms with E-state index in [2.05, 4.69) is 4.90 Å². The van der Waals surface area contributed by atoms with Gasteiger partial charge in [0.2, 0.25) is 0 Å². The number of likely N-dealkylation sites (tertiary alicyclic amines) is 1. The Morgan fingerprint density at radius 2 is 1.89 bits per heavy atom. The van der Waals surface area contributed by atoms with Gasteiger partial charge in [-0.1, -0.05) is 6.42 Å². The van der Waals surface area contributed by atoms with Gasteiger partial charge in [-0.2, -0.15) is 0 Å². The van der Waals surface area contributed by atoms with Crippen LogP contribution < -0.4 is 0 Å². The second-order valence-electron chi connectivity index (χ2n) is 5.64. The maximum Gasteiger partial charge on any atom is 0.317 e. The van der Waals surface area contributed by atoms with E-state index in [9.17, 15) is 4.79 Å². The number of halogens is 1. The fourth-order valence-corrected chi connectivity index (χ4v) is 2.93. The van der Waals surface area contributed by atoms with E-state index in [1.165, 1.54) is 25.8 Å². The van der Waals surface area contributed by atoms with Crippen LogP contribution in [-0.4, -0.2) is 60.1 Å². The molecule has 1 heterocycles. The summed E-state index contributed by atoms with van der Waals surface area (Å²) in [6.45, 7) is 3.74. The SMILES string of the molecule is CN(CC(=O)O)C1CCN(CC2CCC2)CC1.Cl. The first-order chi connectivity index (χ1) is 8.15. The molecule has 0 spiro atoms. The normalized spacial score (nSPS) is 22.6. The quantitative estimate of drug-likeness (QED) is 0.830. The van der Waals surface area contributed by atoms with E-state index < -0.39 is 5.97 Å². The summed E-state index contributed by atoms with van der Waals surface area (Å²) in [6, 6.07) is 0.462. The van der Waals surface area contributed by atoms with Crippen molar-refractivity contribution in [1.29, 1.82) is 0 Å². The zero-order valence-corrected chi connectivity index (χ0v) is 12.0. The monoisotopic (exact) mass is 276 g/mol. The van der Waals surface area contributed by atoms with Crippen molar-refractivity contribution in [3.63, 3.8) is 0 Å². The molecule has 1 N–H and O–H groups in total. The van der Waals surface area contributed by atoms with Gasteiger partial charge in [0.25, 0.3) is 0 Å². The van der Waals surface area contributed by atoms with E-state index in [0.29, 0.717) is 6.04 Å². The van der Waals surface area contributed by atoms with Crippen molar-refractivity contribution in [1.82, 2.24) is 9.80 Å². The van der Waals surface area contributed by atoms with Gasteiger partial charge < -0.3 is 10.0 Å². The number of carboxylic acid groups (broad SMARTS) is 1. The van der Waals surface area contributed by atoms with Crippen molar-refractivity contribution in [2.75, 3.05) is 33.2 Å². The minimum atomic E-state index is -0.718. The van der Waals surface area contributed by atoms with Crippen LogP contribution in [0.2, 0.25) is 0 Å². The number of likely N-dealkylation sites (N-methyl/N-ethyl adjacent to an activating group) is 1. The van der Waals surface area contributed by atoms with E-state index in [-0.39, 0.29) is 19.0 Å². The fourth-order valence-electron chi connectivity index (χ4n) is 2.93. The summed E-state index contributed by atoms with van der Waals surface area (Å²) < 4.78 is 0. The molecular weight excluding hydrogens is 252 g/mol. The molecule has 18 heavy (non-hydrogen) atoms. The van der Waals surface area contributed by atoms with E-state index in [0.717, 1.165) is 31.8 Å². The predicted octanol–water partition coefficient (Wildman–Crippen LogP) is 1.69. The van der Waals surface area contributed by atoms with Crippen LogP contribution in [0.3, 0.4) is 0 Å². The molecular formula is C13H25ClN2O2. The van der Waals surface area contributed by atoms with Crippen LogP contribution in [0.15, 0.2) is 0 Å². The van der Waals surface area contributed by atoms with E-state index >= 15 is 0 Å². The average Bonchev–Trinajstić information content (AvgIpc) is 2.23. The van der Waals surface area contributed by atoms with Crippen molar-refractivity contribution in [2.24, 2.45) is 5.92 Å². The minimum Gasteiger partial charge on any atom is -0.480 e. The van der Waals surface area contributed by atoms with Crippen molar-refractivity contribution in [3.05, 3.63) is 0 Å². The van der Waals surface area contributed by atoms with Crippen LogP contribution in [0.25, 0.3) is 0 Å². The lowest BCUT2D eigenvalue weighted by Gasteiger charge is -2.39. The first kappa shape index (κ1) is 15.7. The second-order valence-corrected chi connectivity index (χ2v) is 5.64. The van der Waals surface area contributed by atoms with Crippen LogP contribution in [-0.2, 0) is 4.79 Å². The molecule has 1 aliphatic heterocycles. The molecule has 1 saturated heterocycles. The summed E-state index contributed by atoms with van der Waals surface area (Å²) >= 11 is 0. The zero-order valence-electron chi connectivity index (χ0n) is 11.2. The predicted molar refractivity (Wildman–Crippen MR) is 74.3 cm³/mol. The van der Waals surface area contributed by atoms with Crippen molar-refractivity contribution in [3.8, 4) is 0 Å². The molecule has 0 amide bonds. The van der Waals surface area contributed by atoms with Gasteiger partial charge in [-0.25, -0.2) is 0 Å². The zero-order chi connectivity index (χ0) is 12.3. The van der Waals surface area contributed by atoms with Crippen molar-refractivity contribution in [2.45, 2.75) is 38.1 Å². The standard InChI is InChI=1S/C13H24N2O2.ClH/c1-14(10-13(16)17)12-5-7-15(8-6-12)9-11-3-2-4-11;/h11-12H,2-10H2,1H3,(H,16,17);1H. The highest BCUT2D eigenvalue weighted by Crippen LogP contribution is 2.28. The lowest BCUT2D eigenvalue weighted by atomic mass is 9.84. The molecule has 1 saturated carbocycles. The van der Waals surface area contributed by atoms with Gasteiger partial charge in [0, 0.05) is 12.6 Å². The molecule has 0 bridgehead atoms. The Kier molecular flexibility index (Phi) is 6.39. The Labute approximate surface area is 116 Å². The van der Waals surface area contributed by atoms with Crippen molar-refractivity contribution >= 4 is 18.4 Å². The van der Waals surface area contributed by atoms with Gasteiger partial charge in [-0.05, 0) is 51.7 Å². The molecule has 0 atom stereocenters. The molecule has 2 aliphatic rings. The maximum absolute atomic E-state index is 10.7. The van der Waals surface area contributed by atoms with E-state index in [4.69, 9.17) is 5.11 Å². The lowest BCUT2D eigenvalue weighted by Crippen LogP contribution is -2.46. The third-order valence-corrected chi connectivity index (χ3v) is 4.31. The highest BCUT2D eigenvalue weighted by Gasteiger charge is 2.26. The van der Waals surface area contributed by atoms with Crippen LogP contribution in [0.5, 0.6) is 0 Å². The molecule has 2 rings (SSSR count). The number of hydrogen-bond acceptors (Lipinski definition) is 3. The Morgan fingerprint density at radius 3 is 2.33 bits per heavy atom. The summed E-state index contributed by atoms with van der Waals surface area (Å²) in [5, 5.41) is 8.77. The number of aliphatic carboxylic acids is 1. The summed E-state index contributed by atoms with van der Waals surface area (Å²) in [5.74, 6) is 0.229. The molecule has 5 heteroatoms. The van der Waals surface area contributed by atoms with Crippen LogP contribution >= 0.6 is 12.4 Å². The van der Waals surface area contributed by atoms with Gasteiger partial charge in [-0.3, -0.25) is 9.69 Å². The largest absolute Gasteiger partial charge is 0.480 e. The molecule has 0 aromatic carbocycles. The Morgan fingerprint density at radius 1 is 1.28 bits per heavy atom. The molecule has 4 nitrogen and oxygen atoms in total. The molecule has 0 aromatic rings. The van der Waals surface area contributed by atoms with Crippen LogP contribution in [0, 0.1) is 5.92 Å². The number of carbonyl (C=O) groups is 1. The summed E-state index contributed by atoms with van der Waals surface area (Å²) in [7, 11) is 1.93. The number of nitrogens with zero attached hydrogens (tertiary/aromatic N) is 2. The molecule has 0 unspecified atom stereocenters. The van der Waals surface area contributed by atoms with Gasteiger partial charge in [0.05, 0.1) is 6.54 Å². The first-order valence-electron chi connectivity index (χ1n) is 6.79. The molecule has 2 fully saturated rings. The Hall–Kier alpha value is -0.320. The van der Waals surface area contributed by atoms with Gasteiger partial charge >= 0.3 is 5.97 Å². The molecule has 1 aliphatic carbocycles. The molecule has 106 valence electrons. The minimum absolute atomic E-state index is 0. The summed E-state index contributed by atoms with van der Waals surface area (Å²) in [4.78, 5) is 15.2. The Balaban J connectivity index is 0.00000162. The van der Waals surface area contributed by atoms with Gasteiger partial charge in [-0.15, -0.1) is 12.4 Å². The fraction of sp³-hybridized carbons (Fsp3) is 0.923. The molecule has 0 aromatic heterocycles. The first-order valence-corrected chi connectivity index (χ1v) is 6.79. The highest BCUT2D eigenvalue weighted by molar-refractivity contribution is 5.85. The van der Waals surface area contributed by atoms with E-state index in [1.54, 1.807) is 0 Å². The summed E-state index contributed by atoms with van der Waals surface area (Å²) in [6.07, 6.45) is 6.49. The smallest absolute Gasteiger partial charge is 0.317 e. The lowest BCUT2D eigenvalue weighted by molar-refractivity contribution is -0.138. The van der Waals surface area contributed by atoms with Crippen LogP contribution in [0.4, 0.5) is 0 Å². The topological polar surface area (TPSA) is 43.8 Å². The molecule has 0 radical (unpaired) electrons. The highest BCUT2D eigenvalue weighted by atomic mass is 35.5. The number of piperidine rings is 1. The number of hydrogen-bond donors (Lipinski definition) is 1. The Bertz CT molecular complexity index is 264. The number of rotatable bonds is 5. The average molecular weight is 277 g/mol. The van der Waals surface area contributed by atoms with Gasteiger partial charge in [0.15, 0.2) is 0 Å². The third kappa shape index (κ3) is 4.41. The summed E-state index contributed by atoms with van der Waals surface area (Å²) in [5.41, 5.74) is 0. The van der Waals surface area contributed by atoms with Gasteiger partial charge in [0.1, 0.15) is 0 Å². The number of carboxylic acids is 1. The van der Waals surface area contributed by atoms with Crippen LogP contribution in [0.1, 0.15) is 32.1 Å². The second kappa shape index (κ2) is 7.31. The van der Waals surface area contributed by atoms with Crippen molar-refractivity contribution < 1.29 is 9.90 Å². The maximum atomic E-state index is 10.7. The van der Waals surface area contributed by atoms with E-state index in [1.807, 2.05) is 11.9 Å².